The minimum atomic E-state index is 0. The first-order valence-corrected chi connectivity index (χ1v) is 8.90. The van der Waals surface area contributed by atoms with Crippen LogP contribution in [-0.2, 0) is 11.3 Å². The molecule has 1 saturated carbocycles. The zero-order valence-electron chi connectivity index (χ0n) is 14.7. The van der Waals surface area contributed by atoms with E-state index < -0.39 is 0 Å². The second-order valence-electron chi connectivity index (χ2n) is 6.06. The van der Waals surface area contributed by atoms with E-state index in [1.165, 1.54) is 38.5 Å². The van der Waals surface area contributed by atoms with Crippen molar-refractivity contribution in [2.45, 2.75) is 57.6 Å². The van der Waals surface area contributed by atoms with Crippen LogP contribution in [0.5, 0.6) is 0 Å². The van der Waals surface area contributed by atoms with E-state index >= 15 is 0 Å². The smallest absolute Gasteiger partial charge is 0.191 e. The lowest BCUT2D eigenvalue weighted by Crippen LogP contribution is -2.39. The molecule has 0 aliphatic heterocycles. The molecule has 0 bridgehead atoms. The van der Waals surface area contributed by atoms with Crippen LogP contribution in [0.4, 0.5) is 0 Å². The Morgan fingerprint density at radius 1 is 1.21 bits per heavy atom. The van der Waals surface area contributed by atoms with Gasteiger partial charge in [-0.05, 0) is 19.3 Å². The summed E-state index contributed by atoms with van der Waals surface area (Å²) in [5.41, 5.74) is 0. The highest BCUT2D eigenvalue weighted by Crippen LogP contribution is 2.19. The van der Waals surface area contributed by atoms with Crippen LogP contribution in [0.2, 0.25) is 0 Å². The summed E-state index contributed by atoms with van der Waals surface area (Å²) in [5.74, 6) is 0.847. The highest BCUT2D eigenvalue weighted by Gasteiger charge is 2.11. The van der Waals surface area contributed by atoms with E-state index in [1.54, 1.807) is 7.05 Å². The average Bonchev–Trinajstić information content (AvgIpc) is 2.95. The van der Waals surface area contributed by atoms with Crippen molar-refractivity contribution in [1.29, 1.82) is 0 Å². The van der Waals surface area contributed by atoms with Gasteiger partial charge in [-0.25, -0.2) is 4.98 Å². The standard InChI is InChI=1S/C17H31N5O.HI/c1-18-17(20-9-6-12-22-13-10-19-15-22)21-11-14-23-16-7-4-2-3-5-8-16;/h10,13,15-16H,2-9,11-12,14H2,1H3,(H2,18,20,21);1H. The van der Waals surface area contributed by atoms with Gasteiger partial charge in [-0.3, -0.25) is 4.99 Å². The molecule has 1 heterocycles. The van der Waals surface area contributed by atoms with Crippen LogP contribution in [-0.4, -0.2) is 48.4 Å². The Morgan fingerprint density at radius 3 is 2.62 bits per heavy atom. The van der Waals surface area contributed by atoms with Crippen molar-refractivity contribution < 1.29 is 4.74 Å². The van der Waals surface area contributed by atoms with E-state index in [0.29, 0.717) is 6.10 Å². The number of halogens is 1. The van der Waals surface area contributed by atoms with Crippen molar-refractivity contribution in [3.63, 3.8) is 0 Å². The van der Waals surface area contributed by atoms with Crippen LogP contribution in [0.3, 0.4) is 0 Å². The van der Waals surface area contributed by atoms with Crippen LogP contribution in [0.1, 0.15) is 44.9 Å². The van der Waals surface area contributed by atoms with E-state index in [0.717, 1.165) is 38.6 Å². The summed E-state index contributed by atoms with van der Waals surface area (Å²) in [4.78, 5) is 8.28. The molecule has 0 saturated heterocycles. The summed E-state index contributed by atoms with van der Waals surface area (Å²) in [6.45, 7) is 3.41. The minimum Gasteiger partial charge on any atom is -0.376 e. The van der Waals surface area contributed by atoms with Gasteiger partial charge in [0.15, 0.2) is 5.96 Å². The number of nitrogens with one attached hydrogen (secondary N) is 2. The predicted octanol–water partition coefficient (Wildman–Crippen LogP) is 2.80. The summed E-state index contributed by atoms with van der Waals surface area (Å²) in [5, 5.41) is 6.64. The average molecular weight is 449 g/mol. The molecule has 1 aliphatic carbocycles. The molecule has 7 heteroatoms. The fourth-order valence-electron chi connectivity index (χ4n) is 2.91. The van der Waals surface area contributed by atoms with Gasteiger partial charge in [0.25, 0.3) is 0 Å². The quantitative estimate of drug-likeness (QED) is 0.211. The molecule has 0 unspecified atom stereocenters. The topological polar surface area (TPSA) is 63.5 Å². The van der Waals surface area contributed by atoms with Crippen molar-refractivity contribution in [2.24, 2.45) is 4.99 Å². The van der Waals surface area contributed by atoms with Gasteiger partial charge < -0.3 is 19.9 Å². The number of nitrogens with zero attached hydrogens (tertiary/aromatic N) is 3. The van der Waals surface area contributed by atoms with Crippen molar-refractivity contribution in [2.75, 3.05) is 26.7 Å². The Hall–Kier alpha value is -0.830. The summed E-state index contributed by atoms with van der Waals surface area (Å²) < 4.78 is 8.06. The lowest BCUT2D eigenvalue weighted by Gasteiger charge is -2.16. The zero-order chi connectivity index (χ0) is 16.2. The first-order chi connectivity index (χ1) is 11.4. The maximum atomic E-state index is 5.98. The van der Waals surface area contributed by atoms with Crippen molar-refractivity contribution in [3.8, 4) is 0 Å². The van der Waals surface area contributed by atoms with Crippen molar-refractivity contribution in [3.05, 3.63) is 18.7 Å². The molecule has 1 aromatic heterocycles. The number of aliphatic imine (C=N–C) groups is 1. The highest BCUT2D eigenvalue weighted by atomic mass is 127. The lowest BCUT2D eigenvalue weighted by molar-refractivity contribution is 0.0468. The van der Waals surface area contributed by atoms with Crippen LogP contribution >= 0.6 is 24.0 Å². The van der Waals surface area contributed by atoms with Gasteiger partial charge in [0.05, 0.1) is 19.0 Å². The van der Waals surface area contributed by atoms with Gasteiger partial charge in [-0.2, -0.15) is 0 Å². The third kappa shape index (κ3) is 8.86. The maximum absolute atomic E-state index is 5.98. The summed E-state index contributed by atoms with van der Waals surface area (Å²) in [6.07, 6.45) is 15.0. The Morgan fingerprint density at radius 2 is 1.96 bits per heavy atom. The second-order valence-corrected chi connectivity index (χ2v) is 6.06. The van der Waals surface area contributed by atoms with Crippen LogP contribution in [0, 0.1) is 0 Å². The molecular weight excluding hydrogens is 417 g/mol. The molecule has 1 aromatic rings. The van der Waals surface area contributed by atoms with Gasteiger partial charge in [0, 0.05) is 39.1 Å². The van der Waals surface area contributed by atoms with Gasteiger partial charge in [-0.15, -0.1) is 24.0 Å². The SMILES string of the molecule is CN=C(NCCCn1ccnc1)NCCOC1CCCCCC1.I. The summed E-state index contributed by atoms with van der Waals surface area (Å²) in [7, 11) is 1.80. The first-order valence-electron chi connectivity index (χ1n) is 8.90. The Balaban J connectivity index is 0.00000288. The number of imidazole rings is 1. The monoisotopic (exact) mass is 449 g/mol. The van der Waals surface area contributed by atoms with Gasteiger partial charge in [-0.1, -0.05) is 25.7 Å². The van der Waals surface area contributed by atoms with E-state index in [-0.39, 0.29) is 24.0 Å². The number of hydrogen-bond donors (Lipinski definition) is 2. The molecule has 138 valence electrons. The van der Waals surface area contributed by atoms with E-state index in [2.05, 4.69) is 25.2 Å². The predicted molar refractivity (Wildman–Crippen MR) is 109 cm³/mol. The molecule has 24 heavy (non-hydrogen) atoms. The lowest BCUT2D eigenvalue weighted by atomic mass is 10.1. The molecule has 0 radical (unpaired) electrons. The second kappa shape index (κ2) is 13.5. The number of ether oxygens (including phenoxy) is 1. The van der Waals surface area contributed by atoms with E-state index in [4.69, 9.17) is 4.74 Å². The Labute approximate surface area is 162 Å². The van der Waals surface area contributed by atoms with Crippen LogP contribution in [0.25, 0.3) is 0 Å². The maximum Gasteiger partial charge on any atom is 0.191 e. The van der Waals surface area contributed by atoms with Crippen LogP contribution in [0.15, 0.2) is 23.7 Å². The molecule has 0 amide bonds. The Kier molecular flexibility index (Phi) is 11.9. The molecule has 0 aromatic carbocycles. The fourth-order valence-corrected chi connectivity index (χ4v) is 2.91. The molecule has 1 aliphatic rings. The number of aryl methyl sites for hydroxylation is 1. The van der Waals surface area contributed by atoms with Crippen molar-refractivity contribution in [1.82, 2.24) is 20.2 Å². The summed E-state index contributed by atoms with van der Waals surface area (Å²) >= 11 is 0. The third-order valence-electron chi connectivity index (χ3n) is 4.22. The molecule has 0 atom stereocenters. The summed E-state index contributed by atoms with van der Waals surface area (Å²) in [6, 6.07) is 0. The molecule has 2 rings (SSSR count). The van der Waals surface area contributed by atoms with E-state index in [1.807, 2.05) is 18.7 Å². The molecule has 2 N–H and O–H groups in total. The number of hydrogen-bond acceptors (Lipinski definition) is 3. The molecule has 6 nitrogen and oxygen atoms in total. The number of rotatable bonds is 8. The van der Waals surface area contributed by atoms with Crippen molar-refractivity contribution >= 4 is 29.9 Å². The van der Waals surface area contributed by atoms with E-state index in [9.17, 15) is 0 Å². The number of guanidine groups is 1. The van der Waals surface area contributed by atoms with Gasteiger partial charge in [0.2, 0.25) is 0 Å². The molecule has 0 spiro atoms. The number of aromatic nitrogens is 2. The zero-order valence-corrected chi connectivity index (χ0v) is 17.1. The first kappa shape index (κ1) is 21.2. The highest BCUT2D eigenvalue weighted by molar-refractivity contribution is 14.0. The Bertz CT molecular complexity index is 430. The normalized spacial score (nSPS) is 16.3. The van der Waals surface area contributed by atoms with Crippen LogP contribution < -0.4 is 10.6 Å². The third-order valence-corrected chi connectivity index (χ3v) is 4.22. The fraction of sp³-hybridized carbons (Fsp3) is 0.765. The largest absolute Gasteiger partial charge is 0.376 e. The minimum absolute atomic E-state index is 0. The van der Waals surface area contributed by atoms with Gasteiger partial charge >= 0.3 is 0 Å². The molecular formula is C17H32IN5O. The molecule has 1 fully saturated rings. The van der Waals surface area contributed by atoms with Gasteiger partial charge in [0.1, 0.15) is 0 Å².